The molecule has 1 aliphatic heterocycles. The Kier molecular flexibility index (Phi) is 5.54. The van der Waals surface area contributed by atoms with E-state index in [0.29, 0.717) is 13.1 Å². The van der Waals surface area contributed by atoms with E-state index in [1.807, 2.05) is 17.5 Å². The lowest BCUT2D eigenvalue weighted by atomic mass is 9.90. The highest BCUT2D eigenvalue weighted by Gasteiger charge is 2.29. The first-order valence-electron chi connectivity index (χ1n) is 7.98. The van der Waals surface area contributed by atoms with E-state index in [-0.39, 0.29) is 28.8 Å². The Morgan fingerprint density at radius 2 is 2.08 bits per heavy atom. The topological polar surface area (TPSA) is 40.5 Å². The number of aliphatic hydroxyl groups excluding tert-OH is 1. The van der Waals surface area contributed by atoms with Gasteiger partial charge in [0.05, 0.1) is 12.5 Å². The summed E-state index contributed by atoms with van der Waals surface area (Å²) in [5.74, 6) is -0.408. The summed E-state index contributed by atoms with van der Waals surface area (Å²) in [6.45, 7) is 1.16. The van der Waals surface area contributed by atoms with Crippen molar-refractivity contribution in [1.82, 2.24) is 4.90 Å². The second-order valence-electron chi connectivity index (χ2n) is 6.06. The van der Waals surface area contributed by atoms with Gasteiger partial charge in [-0.1, -0.05) is 23.7 Å². The summed E-state index contributed by atoms with van der Waals surface area (Å²) in [5.41, 5.74) is 0.255. The average Bonchev–Trinajstić information content (AvgIpc) is 3.12. The van der Waals surface area contributed by atoms with Crippen LogP contribution >= 0.6 is 22.9 Å². The Bertz CT molecular complexity index is 679. The number of carbonyl (C=O) groups is 1. The quantitative estimate of drug-likeness (QED) is 0.885. The highest BCUT2D eigenvalue weighted by molar-refractivity contribution is 7.10. The third-order valence-corrected chi connectivity index (χ3v) is 5.86. The molecule has 2 aromatic rings. The second-order valence-corrected chi connectivity index (χ2v) is 7.44. The number of nitrogens with zero attached hydrogens (tertiary/aromatic N) is 1. The summed E-state index contributed by atoms with van der Waals surface area (Å²) in [7, 11) is 0. The standard InChI is InChI=1S/C18H19ClFNO2S/c19-14-3-1-4-15(20)13(14)11-17(22)21-8-6-12(7-9-21)18(23)16-5-2-10-24-16/h1-5,10,12,18,23H,6-9,11H2. The normalized spacial score (nSPS) is 17.0. The molecule has 6 heteroatoms. The van der Waals surface area contributed by atoms with Crippen LogP contribution in [0.1, 0.15) is 29.4 Å². The van der Waals surface area contributed by atoms with Crippen LogP contribution in [0.15, 0.2) is 35.7 Å². The van der Waals surface area contributed by atoms with Gasteiger partial charge in [0, 0.05) is 28.6 Å². The molecule has 1 aromatic heterocycles. The highest BCUT2D eigenvalue weighted by Crippen LogP contribution is 2.33. The highest BCUT2D eigenvalue weighted by atomic mass is 35.5. The summed E-state index contributed by atoms with van der Waals surface area (Å²) in [5, 5.41) is 12.6. The number of aliphatic hydroxyl groups is 1. The molecule has 3 nitrogen and oxygen atoms in total. The minimum Gasteiger partial charge on any atom is -0.387 e. The van der Waals surface area contributed by atoms with E-state index in [2.05, 4.69) is 0 Å². The maximum atomic E-state index is 13.8. The maximum absolute atomic E-state index is 13.8. The lowest BCUT2D eigenvalue weighted by molar-refractivity contribution is -0.132. The minimum absolute atomic E-state index is 0.0242. The zero-order chi connectivity index (χ0) is 17.1. The van der Waals surface area contributed by atoms with Crippen LogP contribution in [0.2, 0.25) is 5.02 Å². The van der Waals surface area contributed by atoms with Crippen LogP contribution in [0.5, 0.6) is 0 Å². The van der Waals surface area contributed by atoms with Crippen molar-refractivity contribution >= 4 is 28.8 Å². The Labute approximate surface area is 149 Å². The second kappa shape index (κ2) is 7.64. The van der Waals surface area contributed by atoms with Crippen LogP contribution in [0.3, 0.4) is 0 Å². The molecule has 2 heterocycles. The fraction of sp³-hybridized carbons (Fsp3) is 0.389. The van der Waals surface area contributed by atoms with Gasteiger partial charge in [-0.05, 0) is 42.3 Å². The molecular weight excluding hydrogens is 349 g/mol. The number of carbonyl (C=O) groups excluding carboxylic acids is 1. The number of amides is 1. The molecule has 0 saturated carbocycles. The number of rotatable bonds is 4. The van der Waals surface area contributed by atoms with Crippen LogP contribution in [0.4, 0.5) is 4.39 Å². The summed E-state index contributed by atoms with van der Waals surface area (Å²) in [6.07, 6.45) is 0.998. The van der Waals surface area contributed by atoms with Crippen LogP contribution in [-0.4, -0.2) is 29.0 Å². The smallest absolute Gasteiger partial charge is 0.227 e. The monoisotopic (exact) mass is 367 g/mol. The van der Waals surface area contributed by atoms with Gasteiger partial charge < -0.3 is 10.0 Å². The lowest BCUT2D eigenvalue weighted by Gasteiger charge is -2.34. The van der Waals surface area contributed by atoms with Gasteiger partial charge in [-0.15, -0.1) is 11.3 Å². The molecule has 1 N–H and O–H groups in total. The minimum atomic E-state index is -0.469. The van der Waals surface area contributed by atoms with Gasteiger partial charge in [-0.2, -0.15) is 0 Å². The van der Waals surface area contributed by atoms with Gasteiger partial charge in [0.25, 0.3) is 0 Å². The number of likely N-dealkylation sites (tertiary alicyclic amines) is 1. The van der Waals surface area contributed by atoms with E-state index >= 15 is 0 Å². The van der Waals surface area contributed by atoms with Crippen molar-refractivity contribution in [3.05, 3.63) is 57.0 Å². The van der Waals surface area contributed by atoms with Crippen molar-refractivity contribution in [3.63, 3.8) is 0 Å². The van der Waals surface area contributed by atoms with Gasteiger partial charge in [-0.3, -0.25) is 4.79 Å². The van der Waals surface area contributed by atoms with Crippen LogP contribution in [-0.2, 0) is 11.2 Å². The van der Waals surface area contributed by atoms with Crippen molar-refractivity contribution < 1.29 is 14.3 Å². The van der Waals surface area contributed by atoms with E-state index < -0.39 is 11.9 Å². The maximum Gasteiger partial charge on any atom is 0.227 e. The molecule has 128 valence electrons. The summed E-state index contributed by atoms with van der Waals surface area (Å²) < 4.78 is 13.8. The fourth-order valence-corrected chi connectivity index (χ4v) is 4.15. The van der Waals surface area contributed by atoms with Gasteiger partial charge in [-0.25, -0.2) is 4.39 Å². The van der Waals surface area contributed by atoms with E-state index in [4.69, 9.17) is 11.6 Å². The van der Waals surface area contributed by atoms with Gasteiger partial charge >= 0.3 is 0 Å². The van der Waals surface area contributed by atoms with Gasteiger partial charge in [0.2, 0.25) is 5.91 Å². The Morgan fingerprint density at radius 1 is 1.33 bits per heavy atom. The largest absolute Gasteiger partial charge is 0.387 e. The molecular formula is C18H19ClFNO2S. The molecule has 1 saturated heterocycles. The fourth-order valence-electron chi connectivity index (χ4n) is 3.12. The van der Waals surface area contributed by atoms with E-state index in [1.165, 1.54) is 12.1 Å². The molecule has 24 heavy (non-hydrogen) atoms. The first-order chi connectivity index (χ1) is 11.6. The van der Waals surface area contributed by atoms with E-state index in [9.17, 15) is 14.3 Å². The molecule has 1 fully saturated rings. The molecule has 1 aliphatic rings. The Hall–Kier alpha value is -1.43. The van der Waals surface area contributed by atoms with Crippen molar-refractivity contribution in [2.45, 2.75) is 25.4 Å². The Morgan fingerprint density at radius 3 is 2.71 bits per heavy atom. The van der Waals surface area contributed by atoms with Crippen molar-refractivity contribution in [2.75, 3.05) is 13.1 Å². The first-order valence-corrected chi connectivity index (χ1v) is 9.24. The van der Waals surface area contributed by atoms with Crippen LogP contribution in [0.25, 0.3) is 0 Å². The van der Waals surface area contributed by atoms with Crippen LogP contribution in [0, 0.1) is 11.7 Å². The van der Waals surface area contributed by atoms with Crippen LogP contribution < -0.4 is 0 Å². The molecule has 0 spiro atoms. The average molecular weight is 368 g/mol. The third kappa shape index (κ3) is 3.79. The molecule has 0 radical (unpaired) electrons. The molecule has 0 aliphatic carbocycles. The zero-order valence-corrected chi connectivity index (χ0v) is 14.7. The number of piperidine rings is 1. The third-order valence-electron chi connectivity index (χ3n) is 4.56. The number of hydrogen-bond acceptors (Lipinski definition) is 3. The summed E-state index contributed by atoms with van der Waals surface area (Å²) in [4.78, 5) is 15.1. The predicted octanol–water partition coefficient (Wildman–Crippen LogP) is 4.06. The summed E-state index contributed by atoms with van der Waals surface area (Å²) in [6, 6.07) is 8.31. The van der Waals surface area contributed by atoms with E-state index in [1.54, 1.807) is 22.3 Å². The lowest BCUT2D eigenvalue weighted by Crippen LogP contribution is -2.40. The van der Waals surface area contributed by atoms with Gasteiger partial charge in [0.1, 0.15) is 5.82 Å². The first kappa shape index (κ1) is 17.4. The van der Waals surface area contributed by atoms with Crippen molar-refractivity contribution in [1.29, 1.82) is 0 Å². The SMILES string of the molecule is O=C(Cc1c(F)cccc1Cl)N1CCC(C(O)c2cccs2)CC1. The molecule has 0 bridgehead atoms. The number of hydrogen-bond donors (Lipinski definition) is 1. The van der Waals surface area contributed by atoms with Gasteiger partial charge in [0.15, 0.2) is 0 Å². The zero-order valence-electron chi connectivity index (χ0n) is 13.1. The predicted molar refractivity (Wildman–Crippen MR) is 93.7 cm³/mol. The Balaban J connectivity index is 1.57. The number of benzene rings is 1. The van der Waals surface area contributed by atoms with E-state index in [0.717, 1.165) is 17.7 Å². The molecule has 3 rings (SSSR count). The molecule has 1 amide bonds. The molecule has 1 atom stereocenters. The van der Waals surface area contributed by atoms with Crippen molar-refractivity contribution in [3.8, 4) is 0 Å². The van der Waals surface area contributed by atoms with Crippen molar-refractivity contribution in [2.24, 2.45) is 5.92 Å². The summed E-state index contributed by atoms with van der Waals surface area (Å²) >= 11 is 7.54. The molecule has 1 unspecified atom stereocenters. The number of halogens is 2. The molecule has 1 aromatic carbocycles. The number of thiophene rings is 1.